The number of rotatable bonds is 12. The third-order valence-corrected chi connectivity index (χ3v) is 4.06. The van der Waals surface area contributed by atoms with Crippen LogP contribution in [0.5, 0.6) is 23.0 Å². The van der Waals surface area contributed by atoms with Crippen LogP contribution in [0, 0.1) is 10.1 Å². The van der Waals surface area contributed by atoms with Gasteiger partial charge in [0.25, 0.3) is 11.6 Å². The highest BCUT2D eigenvalue weighted by molar-refractivity contribution is 6.06. The van der Waals surface area contributed by atoms with Crippen LogP contribution in [-0.2, 0) is 0 Å². The van der Waals surface area contributed by atoms with E-state index in [2.05, 4.69) is 5.32 Å². The minimum Gasteiger partial charge on any atom is -0.493 e. The van der Waals surface area contributed by atoms with Crippen LogP contribution < -0.4 is 24.3 Å². The molecule has 0 unspecified atom stereocenters. The molecule has 0 aliphatic carbocycles. The van der Waals surface area contributed by atoms with Crippen molar-refractivity contribution in [2.45, 2.75) is 34.1 Å². The third-order valence-electron chi connectivity index (χ3n) is 4.06. The van der Waals surface area contributed by atoms with Crippen LogP contribution in [0.3, 0.4) is 0 Å². The zero-order chi connectivity index (χ0) is 22.8. The van der Waals surface area contributed by atoms with Gasteiger partial charge in [-0.05, 0) is 51.5 Å². The molecule has 2 aromatic rings. The van der Waals surface area contributed by atoms with E-state index in [-0.39, 0.29) is 16.9 Å². The largest absolute Gasteiger partial charge is 0.493 e. The van der Waals surface area contributed by atoms with Gasteiger partial charge in [-0.25, -0.2) is 0 Å². The van der Waals surface area contributed by atoms with Crippen LogP contribution >= 0.6 is 0 Å². The lowest BCUT2D eigenvalue weighted by atomic mass is 10.1. The first-order chi connectivity index (χ1) is 14.9. The number of nitro groups is 1. The van der Waals surface area contributed by atoms with Crippen molar-refractivity contribution in [3.8, 4) is 23.0 Å². The molecule has 0 fully saturated rings. The molecule has 2 aromatic carbocycles. The Morgan fingerprint density at radius 2 is 1.55 bits per heavy atom. The number of amides is 1. The fourth-order valence-corrected chi connectivity index (χ4v) is 2.79. The van der Waals surface area contributed by atoms with Crippen molar-refractivity contribution in [3.05, 3.63) is 46.0 Å². The predicted molar refractivity (Wildman–Crippen MR) is 117 cm³/mol. The lowest BCUT2D eigenvalue weighted by Gasteiger charge is -2.17. The number of hydrogen-bond acceptors (Lipinski definition) is 7. The number of anilines is 1. The maximum atomic E-state index is 12.9. The summed E-state index contributed by atoms with van der Waals surface area (Å²) in [4.78, 5) is 23.8. The number of ether oxygens (including phenoxy) is 4. The van der Waals surface area contributed by atoms with E-state index in [0.717, 1.165) is 6.42 Å². The fraction of sp³-hybridized carbons (Fsp3) is 0.409. The Morgan fingerprint density at radius 1 is 0.935 bits per heavy atom. The minimum absolute atomic E-state index is 0.0589. The summed E-state index contributed by atoms with van der Waals surface area (Å²) in [6.45, 7) is 8.96. The highest BCUT2D eigenvalue weighted by Crippen LogP contribution is 2.39. The molecule has 0 spiro atoms. The van der Waals surface area contributed by atoms with Gasteiger partial charge in [-0.15, -0.1) is 0 Å². The van der Waals surface area contributed by atoms with E-state index in [9.17, 15) is 14.9 Å². The van der Waals surface area contributed by atoms with Crippen molar-refractivity contribution >= 4 is 17.3 Å². The van der Waals surface area contributed by atoms with E-state index in [1.807, 2.05) is 27.7 Å². The molecule has 0 heterocycles. The molecule has 2 rings (SSSR count). The van der Waals surface area contributed by atoms with Crippen LogP contribution in [0.15, 0.2) is 30.3 Å². The molecule has 0 bridgehead atoms. The van der Waals surface area contributed by atoms with Gasteiger partial charge in [-0.3, -0.25) is 14.9 Å². The second-order valence-electron chi connectivity index (χ2n) is 6.34. The average molecular weight is 432 g/mol. The van der Waals surface area contributed by atoms with E-state index in [0.29, 0.717) is 49.4 Å². The van der Waals surface area contributed by atoms with E-state index in [1.54, 1.807) is 6.07 Å². The highest BCUT2D eigenvalue weighted by Gasteiger charge is 2.21. The van der Waals surface area contributed by atoms with Gasteiger partial charge in [0.15, 0.2) is 11.5 Å². The van der Waals surface area contributed by atoms with Crippen molar-refractivity contribution in [3.63, 3.8) is 0 Å². The molecule has 0 aliphatic rings. The van der Waals surface area contributed by atoms with Gasteiger partial charge in [0, 0.05) is 5.56 Å². The molecule has 1 N–H and O–H groups in total. The SMILES string of the molecule is CCCOc1ccc(NC(=O)c2cc(OCC)c(OCC)c(OCC)c2)c([N+](=O)[O-])c1. The maximum Gasteiger partial charge on any atom is 0.296 e. The van der Waals surface area contributed by atoms with E-state index in [1.165, 1.54) is 24.3 Å². The Kier molecular flexibility index (Phi) is 8.93. The second kappa shape index (κ2) is 11.6. The first-order valence-electron chi connectivity index (χ1n) is 10.2. The minimum atomic E-state index is -0.566. The Balaban J connectivity index is 2.39. The molecule has 0 saturated carbocycles. The van der Waals surface area contributed by atoms with E-state index in [4.69, 9.17) is 18.9 Å². The lowest BCUT2D eigenvalue weighted by Crippen LogP contribution is -2.14. The maximum absolute atomic E-state index is 12.9. The molecule has 1 amide bonds. The number of carbonyl (C=O) groups is 1. The van der Waals surface area contributed by atoms with Crippen LogP contribution in [0.1, 0.15) is 44.5 Å². The van der Waals surface area contributed by atoms with E-state index < -0.39 is 10.8 Å². The van der Waals surface area contributed by atoms with Gasteiger partial charge in [-0.1, -0.05) is 6.92 Å². The summed E-state index contributed by atoms with van der Waals surface area (Å²) < 4.78 is 22.3. The van der Waals surface area contributed by atoms with Crippen LogP contribution in [-0.4, -0.2) is 37.3 Å². The summed E-state index contributed by atoms with van der Waals surface area (Å²) in [5.74, 6) is 0.947. The molecular formula is C22H28N2O7. The quantitative estimate of drug-likeness (QED) is 0.378. The fourth-order valence-electron chi connectivity index (χ4n) is 2.79. The number of carbonyl (C=O) groups excluding carboxylic acids is 1. The number of nitro benzene ring substituents is 1. The average Bonchev–Trinajstić information content (AvgIpc) is 2.75. The molecule has 31 heavy (non-hydrogen) atoms. The van der Waals surface area contributed by atoms with Crippen molar-refractivity contribution in [2.75, 3.05) is 31.7 Å². The molecule has 0 saturated heterocycles. The van der Waals surface area contributed by atoms with Crippen LogP contribution in [0.25, 0.3) is 0 Å². The summed E-state index contributed by atoms with van der Waals surface area (Å²) >= 11 is 0. The first-order valence-corrected chi connectivity index (χ1v) is 10.2. The summed E-state index contributed by atoms with van der Waals surface area (Å²) in [6.07, 6.45) is 0.772. The topological polar surface area (TPSA) is 109 Å². The number of nitrogens with zero attached hydrogens (tertiary/aromatic N) is 1. The molecule has 0 aromatic heterocycles. The zero-order valence-electron chi connectivity index (χ0n) is 18.2. The van der Waals surface area contributed by atoms with Crippen molar-refractivity contribution in [1.29, 1.82) is 0 Å². The van der Waals surface area contributed by atoms with Crippen molar-refractivity contribution in [1.82, 2.24) is 0 Å². The van der Waals surface area contributed by atoms with Gasteiger partial charge in [0.05, 0.1) is 37.4 Å². The van der Waals surface area contributed by atoms with Crippen molar-refractivity contribution in [2.24, 2.45) is 0 Å². The Bertz CT molecular complexity index is 888. The number of benzene rings is 2. The molecular weight excluding hydrogens is 404 g/mol. The molecule has 9 nitrogen and oxygen atoms in total. The standard InChI is InChI=1S/C22H28N2O7/c1-5-11-31-16-9-10-17(18(14-16)24(26)27)23-22(25)15-12-19(28-6-2)21(30-8-4)20(13-15)29-7-3/h9-10,12-14H,5-8,11H2,1-4H3,(H,23,25). The smallest absolute Gasteiger partial charge is 0.296 e. The molecule has 0 atom stereocenters. The molecule has 168 valence electrons. The first kappa shape index (κ1) is 23.8. The summed E-state index contributed by atoms with van der Waals surface area (Å²) in [5, 5.41) is 14.1. The van der Waals surface area contributed by atoms with Crippen molar-refractivity contribution < 1.29 is 28.7 Å². The predicted octanol–water partition coefficient (Wildman–Crippen LogP) is 4.83. The van der Waals surface area contributed by atoms with E-state index >= 15 is 0 Å². The van der Waals surface area contributed by atoms with Gasteiger partial charge in [-0.2, -0.15) is 0 Å². The monoisotopic (exact) mass is 432 g/mol. The third kappa shape index (κ3) is 6.24. The Labute approximate surface area is 181 Å². The summed E-state index contributed by atoms with van der Waals surface area (Å²) in [5.41, 5.74) is 0.0163. The lowest BCUT2D eigenvalue weighted by molar-refractivity contribution is -0.384. The second-order valence-corrected chi connectivity index (χ2v) is 6.34. The normalized spacial score (nSPS) is 10.3. The summed E-state index contributed by atoms with van der Waals surface area (Å²) in [6, 6.07) is 7.37. The summed E-state index contributed by atoms with van der Waals surface area (Å²) in [7, 11) is 0. The van der Waals surface area contributed by atoms with Crippen LogP contribution in [0.2, 0.25) is 0 Å². The van der Waals surface area contributed by atoms with Crippen LogP contribution in [0.4, 0.5) is 11.4 Å². The Hall–Kier alpha value is -3.49. The van der Waals surface area contributed by atoms with Gasteiger partial charge < -0.3 is 24.3 Å². The molecule has 0 radical (unpaired) electrons. The molecule has 9 heteroatoms. The van der Waals surface area contributed by atoms with Gasteiger partial charge >= 0.3 is 0 Å². The van der Waals surface area contributed by atoms with Gasteiger partial charge in [0.1, 0.15) is 11.4 Å². The highest BCUT2D eigenvalue weighted by atomic mass is 16.6. The number of hydrogen-bond donors (Lipinski definition) is 1. The number of nitrogens with one attached hydrogen (secondary N) is 1. The Morgan fingerprint density at radius 3 is 2.06 bits per heavy atom. The molecule has 0 aliphatic heterocycles. The van der Waals surface area contributed by atoms with Gasteiger partial charge in [0.2, 0.25) is 5.75 Å². The zero-order valence-corrected chi connectivity index (χ0v) is 18.2.